The SMILES string of the molecule is NCc1cc(Cl)oc1-c1cccs1. The Hall–Kier alpha value is -0.770. The first kappa shape index (κ1) is 8.81. The maximum absolute atomic E-state index is 5.74. The van der Waals surface area contributed by atoms with Gasteiger partial charge in [0.1, 0.15) is 0 Å². The highest BCUT2D eigenvalue weighted by Crippen LogP contribution is 2.32. The van der Waals surface area contributed by atoms with Gasteiger partial charge in [-0.1, -0.05) is 6.07 Å². The summed E-state index contributed by atoms with van der Waals surface area (Å²) in [6.45, 7) is 0.448. The van der Waals surface area contributed by atoms with Crippen molar-refractivity contribution in [3.05, 3.63) is 34.4 Å². The second kappa shape index (κ2) is 3.54. The van der Waals surface area contributed by atoms with E-state index in [9.17, 15) is 0 Å². The number of hydrogen-bond acceptors (Lipinski definition) is 3. The molecule has 68 valence electrons. The summed E-state index contributed by atoms with van der Waals surface area (Å²) in [5.41, 5.74) is 6.51. The summed E-state index contributed by atoms with van der Waals surface area (Å²) in [6.07, 6.45) is 0. The van der Waals surface area contributed by atoms with Crippen LogP contribution in [0.1, 0.15) is 5.56 Å². The molecule has 0 amide bonds. The topological polar surface area (TPSA) is 39.2 Å². The molecule has 2 heterocycles. The molecule has 2 aromatic rings. The molecule has 0 bridgehead atoms. The molecule has 0 saturated heterocycles. The van der Waals surface area contributed by atoms with Gasteiger partial charge >= 0.3 is 0 Å². The van der Waals surface area contributed by atoms with Crippen LogP contribution in [0.25, 0.3) is 10.6 Å². The molecular weight excluding hydrogens is 206 g/mol. The Bertz CT molecular complexity index is 394. The van der Waals surface area contributed by atoms with Gasteiger partial charge in [0.2, 0.25) is 0 Å². The fourth-order valence-electron chi connectivity index (χ4n) is 1.16. The summed E-state index contributed by atoms with van der Waals surface area (Å²) in [5.74, 6) is 0.794. The summed E-state index contributed by atoms with van der Waals surface area (Å²) in [4.78, 5) is 1.06. The highest BCUT2D eigenvalue weighted by Gasteiger charge is 2.11. The zero-order valence-electron chi connectivity index (χ0n) is 6.79. The van der Waals surface area contributed by atoms with E-state index in [2.05, 4.69) is 0 Å². The maximum Gasteiger partial charge on any atom is 0.194 e. The molecule has 0 aromatic carbocycles. The number of furan rings is 1. The van der Waals surface area contributed by atoms with E-state index in [4.69, 9.17) is 21.8 Å². The lowest BCUT2D eigenvalue weighted by molar-refractivity contribution is 0.583. The molecule has 0 spiro atoms. The molecule has 0 fully saturated rings. The van der Waals surface area contributed by atoms with Crippen molar-refractivity contribution in [3.8, 4) is 10.6 Å². The number of rotatable bonds is 2. The van der Waals surface area contributed by atoms with Gasteiger partial charge in [-0.25, -0.2) is 0 Å². The molecule has 2 rings (SSSR count). The van der Waals surface area contributed by atoms with Gasteiger partial charge in [0, 0.05) is 18.2 Å². The largest absolute Gasteiger partial charge is 0.444 e. The van der Waals surface area contributed by atoms with Gasteiger partial charge in [0.05, 0.1) is 4.88 Å². The van der Waals surface area contributed by atoms with Crippen LogP contribution in [0.15, 0.2) is 28.0 Å². The molecule has 0 unspecified atom stereocenters. The van der Waals surface area contributed by atoms with Gasteiger partial charge in [0.25, 0.3) is 0 Å². The Morgan fingerprint density at radius 3 is 3.00 bits per heavy atom. The van der Waals surface area contributed by atoms with Crippen LogP contribution < -0.4 is 5.73 Å². The molecule has 0 aliphatic rings. The minimum absolute atomic E-state index is 0.392. The average molecular weight is 214 g/mol. The number of nitrogens with two attached hydrogens (primary N) is 1. The van der Waals surface area contributed by atoms with Crippen molar-refractivity contribution >= 4 is 22.9 Å². The van der Waals surface area contributed by atoms with Crippen molar-refractivity contribution in [2.24, 2.45) is 5.73 Å². The molecule has 0 aliphatic heterocycles. The van der Waals surface area contributed by atoms with E-state index < -0.39 is 0 Å². The van der Waals surface area contributed by atoms with E-state index in [1.54, 1.807) is 17.4 Å². The molecule has 2 N–H and O–H groups in total. The molecule has 0 atom stereocenters. The quantitative estimate of drug-likeness (QED) is 0.833. The van der Waals surface area contributed by atoms with E-state index in [0.29, 0.717) is 11.8 Å². The lowest BCUT2D eigenvalue weighted by Gasteiger charge is -1.94. The number of thiophene rings is 1. The fraction of sp³-hybridized carbons (Fsp3) is 0.111. The van der Waals surface area contributed by atoms with Gasteiger partial charge in [-0.3, -0.25) is 0 Å². The monoisotopic (exact) mass is 213 g/mol. The Labute approximate surface area is 84.9 Å². The second-order valence-electron chi connectivity index (χ2n) is 2.59. The normalized spacial score (nSPS) is 10.6. The van der Waals surface area contributed by atoms with Crippen molar-refractivity contribution in [1.82, 2.24) is 0 Å². The smallest absolute Gasteiger partial charge is 0.194 e. The Kier molecular flexibility index (Phi) is 2.40. The Balaban J connectivity index is 2.50. The van der Waals surface area contributed by atoms with E-state index in [-0.39, 0.29) is 0 Å². The summed E-state index contributed by atoms with van der Waals surface area (Å²) < 4.78 is 5.35. The van der Waals surface area contributed by atoms with Gasteiger partial charge in [0.15, 0.2) is 11.0 Å². The summed E-state index contributed by atoms with van der Waals surface area (Å²) in [6, 6.07) is 5.71. The van der Waals surface area contributed by atoms with E-state index in [1.165, 1.54) is 0 Å². The lowest BCUT2D eigenvalue weighted by Crippen LogP contribution is -1.95. The molecule has 0 aliphatic carbocycles. The Morgan fingerprint density at radius 1 is 1.54 bits per heavy atom. The first-order valence-electron chi connectivity index (χ1n) is 3.83. The predicted molar refractivity (Wildman–Crippen MR) is 54.9 cm³/mol. The van der Waals surface area contributed by atoms with E-state index >= 15 is 0 Å². The molecular formula is C9H8ClNOS. The molecule has 2 aromatic heterocycles. The summed E-state index contributed by atoms with van der Waals surface area (Å²) in [7, 11) is 0. The fourth-order valence-corrected chi connectivity index (χ4v) is 2.11. The van der Waals surface area contributed by atoms with Crippen molar-refractivity contribution in [2.75, 3.05) is 0 Å². The second-order valence-corrected chi connectivity index (χ2v) is 3.91. The third kappa shape index (κ3) is 1.63. The first-order valence-corrected chi connectivity index (χ1v) is 5.09. The standard InChI is InChI=1S/C9H8ClNOS/c10-8-4-6(5-11)9(12-8)7-2-1-3-13-7/h1-4H,5,11H2. The highest BCUT2D eigenvalue weighted by molar-refractivity contribution is 7.13. The summed E-state index contributed by atoms with van der Waals surface area (Å²) >= 11 is 7.35. The molecule has 0 radical (unpaired) electrons. The lowest BCUT2D eigenvalue weighted by atomic mass is 10.2. The minimum Gasteiger partial charge on any atom is -0.444 e. The van der Waals surface area contributed by atoms with Crippen LogP contribution in [0, 0.1) is 0 Å². The first-order chi connectivity index (χ1) is 6.31. The molecule has 2 nitrogen and oxygen atoms in total. The van der Waals surface area contributed by atoms with Crippen LogP contribution in [-0.4, -0.2) is 0 Å². The van der Waals surface area contributed by atoms with E-state index in [1.807, 2.05) is 17.5 Å². The molecule has 13 heavy (non-hydrogen) atoms. The zero-order valence-corrected chi connectivity index (χ0v) is 8.36. The third-order valence-electron chi connectivity index (χ3n) is 1.74. The highest BCUT2D eigenvalue weighted by atomic mass is 35.5. The molecule has 4 heteroatoms. The summed E-state index contributed by atoms with van der Waals surface area (Å²) in [5, 5.41) is 2.38. The minimum atomic E-state index is 0.392. The van der Waals surface area contributed by atoms with Gasteiger partial charge in [-0.05, 0) is 23.0 Å². The van der Waals surface area contributed by atoms with Gasteiger partial charge < -0.3 is 10.2 Å². The van der Waals surface area contributed by atoms with Crippen molar-refractivity contribution in [2.45, 2.75) is 6.54 Å². The van der Waals surface area contributed by atoms with Crippen molar-refractivity contribution in [1.29, 1.82) is 0 Å². The number of hydrogen-bond donors (Lipinski definition) is 1. The van der Waals surface area contributed by atoms with Crippen LogP contribution >= 0.6 is 22.9 Å². The van der Waals surface area contributed by atoms with Crippen LogP contribution in [0.5, 0.6) is 0 Å². The van der Waals surface area contributed by atoms with Crippen LogP contribution in [-0.2, 0) is 6.54 Å². The number of halogens is 1. The van der Waals surface area contributed by atoms with Gasteiger partial charge in [-0.15, -0.1) is 11.3 Å². The zero-order chi connectivity index (χ0) is 9.26. The van der Waals surface area contributed by atoms with Crippen molar-refractivity contribution in [3.63, 3.8) is 0 Å². The maximum atomic E-state index is 5.74. The average Bonchev–Trinajstić information content (AvgIpc) is 2.71. The molecule has 0 saturated carbocycles. The van der Waals surface area contributed by atoms with E-state index in [0.717, 1.165) is 16.2 Å². The van der Waals surface area contributed by atoms with Crippen molar-refractivity contribution < 1.29 is 4.42 Å². The Morgan fingerprint density at radius 2 is 2.38 bits per heavy atom. The third-order valence-corrected chi connectivity index (χ3v) is 2.80. The predicted octanol–water partition coefficient (Wildman–Crippen LogP) is 3.12. The van der Waals surface area contributed by atoms with Crippen LogP contribution in [0.4, 0.5) is 0 Å². The van der Waals surface area contributed by atoms with Crippen LogP contribution in [0.3, 0.4) is 0 Å². The van der Waals surface area contributed by atoms with Gasteiger partial charge in [-0.2, -0.15) is 0 Å². The van der Waals surface area contributed by atoms with Crippen LogP contribution in [0.2, 0.25) is 5.22 Å².